The van der Waals surface area contributed by atoms with E-state index in [1.165, 1.54) is 12.0 Å². The maximum atomic E-state index is 6.38. The van der Waals surface area contributed by atoms with E-state index in [9.17, 15) is 0 Å². The van der Waals surface area contributed by atoms with Crippen LogP contribution in [-0.4, -0.2) is 30.6 Å². The van der Waals surface area contributed by atoms with Gasteiger partial charge in [-0.05, 0) is 50.9 Å². The zero-order valence-electron chi connectivity index (χ0n) is 14.0. The Bertz CT molecular complexity index is 395. The first-order valence-electron chi connectivity index (χ1n) is 8.35. The van der Waals surface area contributed by atoms with Crippen LogP contribution in [0.1, 0.15) is 58.6 Å². The monoisotopic (exact) mass is 310 g/mol. The molecular weight excluding hydrogens is 280 g/mol. The molecule has 0 aliphatic rings. The second-order valence-corrected chi connectivity index (χ2v) is 6.11. The Morgan fingerprint density at radius 2 is 1.90 bits per heavy atom. The van der Waals surface area contributed by atoms with Crippen molar-refractivity contribution in [2.24, 2.45) is 0 Å². The number of benzene rings is 1. The molecule has 1 N–H and O–H groups in total. The minimum atomic E-state index is 0.344. The molecule has 1 aromatic rings. The first-order valence-corrected chi connectivity index (χ1v) is 8.73. The van der Waals surface area contributed by atoms with Crippen LogP contribution in [0, 0.1) is 0 Å². The minimum Gasteiger partial charge on any atom is -0.310 e. The van der Waals surface area contributed by atoms with Crippen LogP contribution in [0.2, 0.25) is 5.02 Å². The molecule has 0 saturated carbocycles. The van der Waals surface area contributed by atoms with E-state index in [1.807, 2.05) is 12.1 Å². The molecule has 1 rings (SSSR count). The molecule has 2 unspecified atom stereocenters. The summed E-state index contributed by atoms with van der Waals surface area (Å²) in [6.07, 6.45) is 3.44. The lowest BCUT2D eigenvalue weighted by atomic mass is 10.0. The summed E-state index contributed by atoms with van der Waals surface area (Å²) < 4.78 is 0. The van der Waals surface area contributed by atoms with E-state index in [2.05, 4.69) is 50.0 Å². The third kappa shape index (κ3) is 5.98. The molecule has 0 bridgehead atoms. The molecule has 0 aliphatic heterocycles. The molecule has 0 amide bonds. The highest BCUT2D eigenvalue weighted by Crippen LogP contribution is 2.25. The summed E-state index contributed by atoms with van der Waals surface area (Å²) in [7, 11) is 0. The van der Waals surface area contributed by atoms with Gasteiger partial charge in [-0.2, -0.15) is 0 Å². The third-order valence-corrected chi connectivity index (χ3v) is 4.59. The average Bonchev–Trinajstić information content (AvgIpc) is 2.51. The van der Waals surface area contributed by atoms with Crippen molar-refractivity contribution in [2.45, 2.75) is 59.0 Å². The van der Waals surface area contributed by atoms with E-state index < -0.39 is 0 Å². The molecule has 0 saturated heterocycles. The molecule has 2 nitrogen and oxygen atoms in total. The highest BCUT2D eigenvalue weighted by molar-refractivity contribution is 6.31. The second kappa shape index (κ2) is 10.2. The molecule has 3 heteroatoms. The standard InChI is InChI=1S/C18H31ClN2/c1-5-13-20-18(16-10-8-9-11-17(16)19)12-14-21(7-3)15(4)6-2/h8-11,15,18,20H,5-7,12-14H2,1-4H3. The Kier molecular flexibility index (Phi) is 8.98. The van der Waals surface area contributed by atoms with E-state index in [4.69, 9.17) is 11.6 Å². The van der Waals surface area contributed by atoms with Crippen molar-refractivity contribution >= 4 is 11.6 Å². The van der Waals surface area contributed by atoms with Gasteiger partial charge >= 0.3 is 0 Å². The molecule has 0 spiro atoms. The van der Waals surface area contributed by atoms with E-state index in [-0.39, 0.29) is 0 Å². The van der Waals surface area contributed by atoms with Crippen LogP contribution in [0.4, 0.5) is 0 Å². The largest absolute Gasteiger partial charge is 0.310 e. The summed E-state index contributed by atoms with van der Waals surface area (Å²) in [6.45, 7) is 12.3. The molecule has 0 radical (unpaired) electrons. The Balaban J connectivity index is 2.72. The summed E-state index contributed by atoms with van der Waals surface area (Å²) in [6, 6.07) is 9.21. The van der Waals surface area contributed by atoms with Gasteiger partial charge < -0.3 is 10.2 Å². The van der Waals surface area contributed by atoms with Crippen molar-refractivity contribution in [1.82, 2.24) is 10.2 Å². The quantitative estimate of drug-likeness (QED) is 0.662. The van der Waals surface area contributed by atoms with Crippen LogP contribution in [0.25, 0.3) is 0 Å². The fraction of sp³-hybridized carbons (Fsp3) is 0.667. The minimum absolute atomic E-state index is 0.344. The van der Waals surface area contributed by atoms with Gasteiger partial charge in [0.1, 0.15) is 0 Å². The molecule has 21 heavy (non-hydrogen) atoms. The highest BCUT2D eigenvalue weighted by atomic mass is 35.5. The molecule has 1 aromatic carbocycles. The number of nitrogens with zero attached hydrogens (tertiary/aromatic N) is 1. The van der Waals surface area contributed by atoms with Gasteiger partial charge in [-0.3, -0.25) is 0 Å². The molecule has 120 valence electrons. The predicted molar refractivity (Wildman–Crippen MR) is 94.1 cm³/mol. The summed E-state index contributed by atoms with van der Waals surface area (Å²) in [4.78, 5) is 2.55. The van der Waals surface area contributed by atoms with Crippen molar-refractivity contribution in [3.63, 3.8) is 0 Å². The number of halogens is 1. The fourth-order valence-corrected chi connectivity index (χ4v) is 2.95. The number of nitrogens with one attached hydrogen (secondary N) is 1. The number of hydrogen-bond acceptors (Lipinski definition) is 2. The zero-order valence-corrected chi connectivity index (χ0v) is 14.8. The van der Waals surface area contributed by atoms with Crippen molar-refractivity contribution < 1.29 is 0 Å². The van der Waals surface area contributed by atoms with Crippen LogP contribution in [-0.2, 0) is 0 Å². The van der Waals surface area contributed by atoms with Gasteiger partial charge in [-0.25, -0.2) is 0 Å². The molecule has 0 fully saturated rings. The maximum Gasteiger partial charge on any atom is 0.0453 e. The number of hydrogen-bond donors (Lipinski definition) is 1. The van der Waals surface area contributed by atoms with Crippen LogP contribution in [0.5, 0.6) is 0 Å². The second-order valence-electron chi connectivity index (χ2n) is 5.70. The molecule has 0 aromatic heterocycles. The smallest absolute Gasteiger partial charge is 0.0453 e. The van der Waals surface area contributed by atoms with Gasteiger partial charge in [-0.1, -0.05) is 50.6 Å². The van der Waals surface area contributed by atoms with Crippen molar-refractivity contribution in [1.29, 1.82) is 0 Å². The van der Waals surface area contributed by atoms with E-state index >= 15 is 0 Å². The highest BCUT2D eigenvalue weighted by Gasteiger charge is 2.17. The summed E-state index contributed by atoms with van der Waals surface area (Å²) in [5.74, 6) is 0. The maximum absolute atomic E-state index is 6.38. The molecule has 0 aliphatic carbocycles. The average molecular weight is 311 g/mol. The van der Waals surface area contributed by atoms with Crippen LogP contribution < -0.4 is 5.32 Å². The Morgan fingerprint density at radius 1 is 1.19 bits per heavy atom. The van der Waals surface area contributed by atoms with E-state index in [0.29, 0.717) is 12.1 Å². The zero-order chi connectivity index (χ0) is 15.7. The van der Waals surface area contributed by atoms with Crippen LogP contribution in [0.3, 0.4) is 0 Å². The van der Waals surface area contributed by atoms with Crippen molar-refractivity contribution in [2.75, 3.05) is 19.6 Å². The summed E-state index contributed by atoms with van der Waals surface area (Å²) >= 11 is 6.38. The molecule has 2 atom stereocenters. The summed E-state index contributed by atoms with van der Waals surface area (Å²) in [5, 5.41) is 4.52. The van der Waals surface area contributed by atoms with Gasteiger partial charge in [0.2, 0.25) is 0 Å². The normalized spacial score (nSPS) is 14.4. The van der Waals surface area contributed by atoms with E-state index in [0.717, 1.165) is 37.5 Å². The molecular formula is C18H31ClN2. The van der Waals surface area contributed by atoms with Gasteiger partial charge in [0.15, 0.2) is 0 Å². The lowest BCUT2D eigenvalue weighted by Crippen LogP contribution is -2.35. The predicted octanol–water partition coefficient (Wildman–Crippen LogP) is 4.89. The van der Waals surface area contributed by atoms with Crippen molar-refractivity contribution in [3.05, 3.63) is 34.9 Å². The topological polar surface area (TPSA) is 15.3 Å². The van der Waals surface area contributed by atoms with Crippen LogP contribution >= 0.6 is 11.6 Å². The third-order valence-electron chi connectivity index (χ3n) is 4.25. The SMILES string of the molecule is CCCNC(CCN(CC)C(C)CC)c1ccccc1Cl. The van der Waals surface area contributed by atoms with Gasteiger partial charge in [-0.15, -0.1) is 0 Å². The number of rotatable bonds is 10. The lowest BCUT2D eigenvalue weighted by Gasteiger charge is -2.29. The first kappa shape index (κ1) is 18.5. The molecule has 0 heterocycles. The Morgan fingerprint density at radius 3 is 2.48 bits per heavy atom. The Labute approximate surface area is 135 Å². The van der Waals surface area contributed by atoms with Gasteiger partial charge in [0.25, 0.3) is 0 Å². The van der Waals surface area contributed by atoms with Gasteiger partial charge in [0.05, 0.1) is 0 Å². The summed E-state index contributed by atoms with van der Waals surface area (Å²) in [5.41, 5.74) is 1.23. The van der Waals surface area contributed by atoms with Crippen molar-refractivity contribution in [3.8, 4) is 0 Å². The fourth-order valence-electron chi connectivity index (χ4n) is 2.69. The van der Waals surface area contributed by atoms with Crippen LogP contribution in [0.15, 0.2) is 24.3 Å². The Hall–Kier alpha value is -0.570. The van der Waals surface area contributed by atoms with Gasteiger partial charge in [0, 0.05) is 23.7 Å². The van der Waals surface area contributed by atoms with E-state index in [1.54, 1.807) is 0 Å². The first-order chi connectivity index (χ1) is 10.1. The lowest BCUT2D eigenvalue weighted by molar-refractivity contribution is 0.203.